The second-order valence-electron chi connectivity index (χ2n) is 9.03. The van der Waals surface area contributed by atoms with E-state index < -0.39 is 6.04 Å². The lowest BCUT2D eigenvalue weighted by molar-refractivity contribution is -0.113. The number of aromatic nitrogens is 3. The number of amides is 1. The highest BCUT2D eigenvalue weighted by Gasteiger charge is 2.34. The number of carbonyl (C=O) groups is 1. The smallest absolute Gasteiger partial charge is 0.255 e. The van der Waals surface area contributed by atoms with E-state index in [1.165, 1.54) is 6.33 Å². The van der Waals surface area contributed by atoms with Gasteiger partial charge in [0.05, 0.1) is 24.5 Å². The molecule has 1 amide bonds. The Morgan fingerprint density at radius 3 is 2.50 bits per heavy atom. The molecule has 10 heteroatoms. The van der Waals surface area contributed by atoms with Crippen molar-refractivity contribution in [2.45, 2.75) is 33.4 Å². The maximum atomic E-state index is 13.8. The lowest BCUT2D eigenvalue weighted by Crippen LogP contribution is -2.31. The van der Waals surface area contributed by atoms with Gasteiger partial charge >= 0.3 is 0 Å². The van der Waals surface area contributed by atoms with E-state index in [1.807, 2.05) is 87.5 Å². The van der Waals surface area contributed by atoms with Gasteiger partial charge in [-0.15, -0.1) is 0 Å². The van der Waals surface area contributed by atoms with E-state index in [0.717, 1.165) is 15.6 Å². The summed E-state index contributed by atoms with van der Waals surface area (Å²) in [5.41, 5.74) is 3.59. The lowest BCUT2D eigenvalue weighted by atomic mass is 9.94. The minimum absolute atomic E-state index is 0.281. The Morgan fingerprint density at radius 2 is 1.73 bits per heavy atom. The van der Waals surface area contributed by atoms with Crippen LogP contribution < -0.4 is 24.8 Å². The molecule has 1 aromatic heterocycles. The number of halogens is 1. The second-order valence-corrected chi connectivity index (χ2v) is 9.95. The van der Waals surface area contributed by atoms with Crippen LogP contribution in [0.15, 0.2) is 88.8 Å². The van der Waals surface area contributed by atoms with Crippen molar-refractivity contribution in [3.05, 3.63) is 99.9 Å². The number of para-hydroxylation sites is 2. The highest BCUT2D eigenvalue weighted by Crippen LogP contribution is 2.39. The Labute approximate surface area is 241 Å². The van der Waals surface area contributed by atoms with Gasteiger partial charge in [-0.3, -0.25) is 4.79 Å². The summed E-state index contributed by atoms with van der Waals surface area (Å²) < 4.78 is 20.5. The van der Waals surface area contributed by atoms with E-state index >= 15 is 0 Å². The zero-order valence-corrected chi connectivity index (χ0v) is 24.1. The first-order chi connectivity index (χ1) is 19.5. The van der Waals surface area contributed by atoms with Crippen LogP contribution in [0, 0.1) is 0 Å². The predicted molar refractivity (Wildman–Crippen MR) is 157 cm³/mol. The Bertz CT molecular complexity index is 1530. The number of ether oxygens (including phenoxy) is 3. The van der Waals surface area contributed by atoms with Crippen LogP contribution >= 0.6 is 15.9 Å². The van der Waals surface area contributed by atoms with Gasteiger partial charge in [0.1, 0.15) is 24.7 Å². The number of anilines is 2. The average Bonchev–Trinajstić information content (AvgIpc) is 3.42. The Morgan fingerprint density at radius 1 is 0.975 bits per heavy atom. The Kier molecular flexibility index (Phi) is 8.35. The predicted octanol–water partition coefficient (Wildman–Crippen LogP) is 6.34. The van der Waals surface area contributed by atoms with Crippen LogP contribution in [0.4, 0.5) is 11.6 Å². The largest absolute Gasteiger partial charge is 0.492 e. The zero-order valence-electron chi connectivity index (χ0n) is 22.5. The molecule has 2 N–H and O–H groups in total. The van der Waals surface area contributed by atoms with Gasteiger partial charge in [0.25, 0.3) is 5.91 Å². The molecular weight excluding hydrogens is 574 g/mol. The van der Waals surface area contributed by atoms with Crippen molar-refractivity contribution in [3.8, 4) is 17.2 Å². The maximum absolute atomic E-state index is 13.8. The van der Waals surface area contributed by atoms with E-state index in [2.05, 4.69) is 36.6 Å². The summed E-state index contributed by atoms with van der Waals surface area (Å²) in [7, 11) is 0. The molecule has 40 heavy (non-hydrogen) atoms. The summed E-state index contributed by atoms with van der Waals surface area (Å²) in [6.45, 7) is 7.00. The van der Waals surface area contributed by atoms with Crippen LogP contribution in [0.1, 0.15) is 37.9 Å². The number of benzene rings is 3. The molecule has 3 aromatic carbocycles. The highest BCUT2D eigenvalue weighted by atomic mass is 79.9. The first-order valence-electron chi connectivity index (χ1n) is 13.0. The minimum Gasteiger partial charge on any atom is -0.492 e. The second kappa shape index (κ2) is 12.3. The number of hydrogen-bond acceptors (Lipinski definition) is 7. The summed E-state index contributed by atoms with van der Waals surface area (Å²) in [4.78, 5) is 18.2. The van der Waals surface area contributed by atoms with E-state index in [4.69, 9.17) is 14.2 Å². The first-order valence-corrected chi connectivity index (χ1v) is 13.8. The van der Waals surface area contributed by atoms with Gasteiger partial charge in [-0.2, -0.15) is 10.1 Å². The molecule has 0 aliphatic carbocycles. The molecule has 0 bridgehead atoms. The average molecular weight is 605 g/mol. The summed E-state index contributed by atoms with van der Waals surface area (Å²) in [5.74, 6) is 2.05. The molecule has 0 spiro atoms. The molecule has 0 saturated carbocycles. The summed E-state index contributed by atoms with van der Waals surface area (Å²) >= 11 is 3.46. The molecule has 9 nitrogen and oxygen atoms in total. The number of fused-ring (bicyclic) bond motifs is 1. The van der Waals surface area contributed by atoms with Crippen molar-refractivity contribution in [3.63, 3.8) is 0 Å². The lowest BCUT2D eigenvalue weighted by Gasteiger charge is -2.29. The topological polar surface area (TPSA) is 99.5 Å². The van der Waals surface area contributed by atoms with Crippen molar-refractivity contribution in [1.29, 1.82) is 0 Å². The minimum atomic E-state index is -0.558. The van der Waals surface area contributed by atoms with E-state index in [-0.39, 0.29) is 5.91 Å². The Hall–Kier alpha value is -4.31. The van der Waals surface area contributed by atoms with E-state index in [1.54, 1.807) is 4.68 Å². The van der Waals surface area contributed by atoms with Gasteiger partial charge < -0.3 is 24.8 Å². The van der Waals surface area contributed by atoms with Gasteiger partial charge in [0.2, 0.25) is 5.95 Å². The summed E-state index contributed by atoms with van der Waals surface area (Å²) in [6.07, 6.45) is 1.47. The highest BCUT2D eigenvalue weighted by molar-refractivity contribution is 9.10. The molecule has 1 atom stereocenters. The molecule has 4 aromatic rings. The normalized spacial score (nSPS) is 14.2. The van der Waals surface area contributed by atoms with Crippen molar-refractivity contribution in [2.24, 2.45) is 0 Å². The number of hydrogen-bond donors (Lipinski definition) is 2. The Balaban J connectivity index is 1.48. The third-order valence-corrected chi connectivity index (χ3v) is 6.89. The molecular formula is C30H30BrN5O4. The van der Waals surface area contributed by atoms with Crippen LogP contribution in [-0.4, -0.2) is 33.9 Å². The fourth-order valence-corrected chi connectivity index (χ4v) is 4.82. The monoisotopic (exact) mass is 603 g/mol. The molecule has 1 unspecified atom stereocenters. The number of carbonyl (C=O) groups excluding carboxylic acids is 1. The van der Waals surface area contributed by atoms with Crippen LogP contribution in [0.25, 0.3) is 0 Å². The SMILES string of the molecule is CCOc1ccccc1NC(=O)C1=C(C)Nc2ncnn2C1c1ccc(OCc2ccc(Br)cc2)c(OCC)c1. The van der Waals surface area contributed by atoms with Crippen LogP contribution in [0.2, 0.25) is 0 Å². The molecule has 1 aliphatic rings. The molecule has 0 radical (unpaired) electrons. The third-order valence-electron chi connectivity index (χ3n) is 6.37. The van der Waals surface area contributed by atoms with E-state index in [9.17, 15) is 4.79 Å². The first kappa shape index (κ1) is 27.3. The van der Waals surface area contributed by atoms with Crippen molar-refractivity contribution in [2.75, 3.05) is 23.8 Å². The molecule has 1 aliphatic heterocycles. The van der Waals surface area contributed by atoms with Gasteiger partial charge in [0.15, 0.2) is 11.5 Å². The van der Waals surface area contributed by atoms with Gasteiger partial charge in [-0.25, -0.2) is 4.68 Å². The number of rotatable bonds is 10. The van der Waals surface area contributed by atoms with Gasteiger partial charge in [-0.1, -0.05) is 46.3 Å². The fraction of sp³-hybridized carbons (Fsp3) is 0.233. The number of nitrogens with zero attached hydrogens (tertiary/aromatic N) is 3. The molecule has 2 heterocycles. The number of allylic oxidation sites excluding steroid dienone is 1. The van der Waals surface area contributed by atoms with Crippen molar-refractivity contribution >= 4 is 33.5 Å². The number of nitrogens with one attached hydrogen (secondary N) is 2. The summed E-state index contributed by atoms with van der Waals surface area (Å²) in [5, 5.41) is 10.7. The zero-order chi connectivity index (χ0) is 28.1. The van der Waals surface area contributed by atoms with Gasteiger partial charge in [0, 0.05) is 10.2 Å². The van der Waals surface area contributed by atoms with Gasteiger partial charge in [-0.05, 0) is 68.3 Å². The standard InChI is InChI=1S/C30H30BrN5O4/c1-4-38-24-9-7-6-8-23(24)35-29(37)27-19(3)34-30-32-18-33-36(30)28(27)21-12-15-25(26(16-21)39-5-2)40-17-20-10-13-22(31)14-11-20/h6-16,18,28H,4-5,17H2,1-3H3,(H,35,37)(H,32,33,34). The van der Waals surface area contributed by atoms with Crippen LogP contribution in [0.5, 0.6) is 17.2 Å². The maximum Gasteiger partial charge on any atom is 0.255 e. The molecule has 0 saturated heterocycles. The van der Waals surface area contributed by atoms with Crippen molar-refractivity contribution in [1.82, 2.24) is 14.8 Å². The molecule has 0 fully saturated rings. The van der Waals surface area contributed by atoms with Crippen LogP contribution in [-0.2, 0) is 11.4 Å². The quantitative estimate of drug-likeness (QED) is 0.218. The van der Waals surface area contributed by atoms with Crippen molar-refractivity contribution < 1.29 is 19.0 Å². The fourth-order valence-electron chi connectivity index (χ4n) is 4.56. The van der Waals surface area contributed by atoms with Crippen LogP contribution in [0.3, 0.4) is 0 Å². The third kappa shape index (κ3) is 5.81. The molecule has 206 valence electrons. The van der Waals surface area contributed by atoms with E-state index in [0.29, 0.717) is 60.0 Å². The summed E-state index contributed by atoms with van der Waals surface area (Å²) in [6, 6.07) is 20.5. The molecule has 5 rings (SSSR count).